The van der Waals surface area contributed by atoms with Crippen molar-refractivity contribution in [2.75, 3.05) is 6.61 Å². The van der Waals surface area contributed by atoms with Crippen LogP contribution in [0.2, 0.25) is 0 Å². The summed E-state index contributed by atoms with van der Waals surface area (Å²) in [6, 6.07) is 0. The summed E-state index contributed by atoms with van der Waals surface area (Å²) in [6.07, 6.45) is 0. The Balaban J connectivity index is 4.37. The van der Waals surface area contributed by atoms with E-state index < -0.39 is 22.4 Å². The van der Waals surface area contributed by atoms with E-state index in [-0.39, 0.29) is 11.7 Å². The van der Waals surface area contributed by atoms with Crippen LogP contribution in [0.25, 0.3) is 0 Å². The molecule has 0 spiro atoms. The quantitative estimate of drug-likeness (QED) is 0.563. The SMILES string of the molecule is CCOC(=O)C(C)C(=O)SC(=O)C(C)(C)C. The summed E-state index contributed by atoms with van der Waals surface area (Å²) in [5.74, 6) is -1.47. The van der Waals surface area contributed by atoms with Crippen LogP contribution in [0, 0.1) is 11.3 Å². The largest absolute Gasteiger partial charge is 0.465 e. The number of esters is 1. The van der Waals surface area contributed by atoms with Crippen molar-refractivity contribution < 1.29 is 19.1 Å². The summed E-state index contributed by atoms with van der Waals surface area (Å²) in [6.45, 7) is 8.53. The van der Waals surface area contributed by atoms with E-state index in [9.17, 15) is 14.4 Å². The van der Waals surface area contributed by atoms with Gasteiger partial charge in [-0.3, -0.25) is 14.4 Å². The van der Waals surface area contributed by atoms with Crippen molar-refractivity contribution in [2.24, 2.45) is 11.3 Å². The molecule has 5 heteroatoms. The Bertz CT molecular complexity index is 291. The summed E-state index contributed by atoms with van der Waals surface area (Å²) < 4.78 is 4.71. The zero-order valence-corrected chi connectivity index (χ0v) is 11.1. The molecule has 0 aliphatic heterocycles. The molecule has 0 aromatic carbocycles. The number of thioether (sulfide) groups is 1. The molecule has 0 aromatic rings. The lowest BCUT2D eigenvalue weighted by molar-refractivity contribution is -0.149. The minimum atomic E-state index is -0.892. The molecule has 4 nitrogen and oxygen atoms in total. The van der Waals surface area contributed by atoms with Gasteiger partial charge < -0.3 is 4.74 Å². The van der Waals surface area contributed by atoms with Gasteiger partial charge in [0, 0.05) is 5.41 Å². The molecule has 0 radical (unpaired) electrons. The Morgan fingerprint density at radius 2 is 1.75 bits per heavy atom. The molecule has 0 saturated carbocycles. The second kappa shape index (κ2) is 6.03. The highest BCUT2D eigenvalue weighted by Crippen LogP contribution is 2.25. The molecule has 0 saturated heterocycles. The van der Waals surface area contributed by atoms with Crippen LogP contribution in [-0.4, -0.2) is 22.8 Å². The van der Waals surface area contributed by atoms with Gasteiger partial charge in [0.25, 0.3) is 0 Å². The number of carbonyl (C=O) groups excluding carboxylic acids is 3. The first-order valence-corrected chi connectivity index (χ1v) is 5.94. The maximum Gasteiger partial charge on any atom is 0.317 e. The molecule has 0 rings (SSSR count). The van der Waals surface area contributed by atoms with Gasteiger partial charge in [0.1, 0.15) is 5.92 Å². The van der Waals surface area contributed by atoms with Gasteiger partial charge in [-0.15, -0.1) is 0 Å². The Morgan fingerprint density at radius 3 is 2.12 bits per heavy atom. The highest BCUT2D eigenvalue weighted by Gasteiger charge is 2.30. The van der Waals surface area contributed by atoms with Gasteiger partial charge in [-0.2, -0.15) is 0 Å². The number of carbonyl (C=O) groups is 3. The second-order valence-corrected chi connectivity index (χ2v) is 5.41. The third-order valence-electron chi connectivity index (χ3n) is 1.80. The van der Waals surface area contributed by atoms with Gasteiger partial charge in [0.2, 0.25) is 10.2 Å². The molecule has 1 atom stereocenters. The maximum absolute atomic E-state index is 11.6. The molecule has 0 aliphatic carbocycles. The summed E-state index contributed by atoms with van der Waals surface area (Å²) >= 11 is 0.590. The van der Waals surface area contributed by atoms with Crippen molar-refractivity contribution in [2.45, 2.75) is 34.6 Å². The Morgan fingerprint density at radius 1 is 1.25 bits per heavy atom. The molecule has 0 amide bonds. The van der Waals surface area contributed by atoms with Crippen molar-refractivity contribution >= 4 is 28.0 Å². The van der Waals surface area contributed by atoms with Crippen LogP contribution in [0.15, 0.2) is 0 Å². The fourth-order valence-electron chi connectivity index (χ4n) is 0.696. The zero-order chi connectivity index (χ0) is 12.9. The fraction of sp³-hybridized carbons (Fsp3) is 0.727. The normalized spacial score (nSPS) is 13.1. The number of hydrogen-bond donors (Lipinski definition) is 0. The first-order chi connectivity index (χ1) is 7.20. The summed E-state index contributed by atoms with van der Waals surface area (Å²) in [7, 11) is 0. The highest BCUT2D eigenvalue weighted by atomic mass is 32.2. The number of rotatable bonds is 3. The van der Waals surface area contributed by atoms with Gasteiger partial charge >= 0.3 is 5.97 Å². The number of hydrogen-bond acceptors (Lipinski definition) is 5. The van der Waals surface area contributed by atoms with Gasteiger partial charge in [-0.1, -0.05) is 20.8 Å². The van der Waals surface area contributed by atoms with E-state index in [1.165, 1.54) is 6.92 Å². The Labute approximate surface area is 100 Å². The Kier molecular flexibility index (Phi) is 5.72. The van der Waals surface area contributed by atoms with E-state index in [0.29, 0.717) is 11.8 Å². The smallest absolute Gasteiger partial charge is 0.317 e. The van der Waals surface area contributed by atoms with E-state index in [1.807, 2.05) is 0 Å². The molecular weight excluding hydrogens is 228 g/mol. The average Bonchev–Trinajstić information content (AvgIpc) is 2.15. The maximum atomic E-state index is 11.6. The molecule has 0 fully saturated rings. The van der Waals surface area contributed by atoms with Crippen molar-refractivity contribution in [3.63, 3.8) is 0 Å². The standard InChI is InChI=1S/C11H18O4S/c1-6-15-8(12)7(2)9(13)16-10(14)11(3,4)5/h7H,6H2,1-5H3. The minimum absolute atomic E-state index is 0.230. The monoisotopic (exact) mass is 246 g/mol. The predicted molar refractivity (Wildman–Crippen MR) is 62.9 cm³/mol. The molecule has 0 N–H and O–H groups in total. The zero-order valence-electron chi connectivity index (χ0n) is 10.3. The summed E-state index contributed by atoms with van der Waals surface area (Å²) in [5.41, 5.74) is -0.589. The van der Waals surface area contributed by atoms with E-state index in [4.69, 9.17) is 4.74 Å². The topological polar surface area (TPSA) is 60.4 Å². The van der Waals surface area contributed by atoms with Crippen LogP contribution in [-0.2, 0) is 19.1 Å². The summed E-state index contributed by atoms with van der Waals surface area (Å²) in [5, 5.41) is -0.702. The van der Waals surface area contributed by atoms with Crippen LogP contribution in [0.5, 0.6) is 0 Å². The van der Waals surface area contributed by atoms with Gasteiger partial charge in [0.15, 0.2) is 0 Å². The lowest BCUT2D eigenvalue weighted by Gasteiger charge is -2.16. The third kappa shape index (κ3) is 4.79. The molecule has 16 heavy (non-hydrogen) atoms. The Hall–Kier alpha value is -0.840. The van der Waals surface area contributed by atoms with Crippen LogP contribution >= 0.6 is 11.8 Å². The molecule has 92 valence electrons. The van der Waals surface area contributed by atoms with Crippen molar-refractivity contribution in [1.29, 1.82) is 0 Å². The van der Waals surface area contributed by atoms with Crippen molar-refractivity contribution in [3.8, 4) is 0 Å². The van der Waals surface area contributed by atoms with Crippen LogP contribution in [0.4, 0.5) is 0 Å². The van der Waals surface area contributed by atoms with E-state index in [2.05, 4.69) is 0 Å². The molecule has 0 bridgehead atoms. The van der Waals surface area contributed by atoms with E-state index in [1.54, 1.807) is 27.7 Å². The van der Waals surface area contributed by atoms with Gasteiger partial charge in [0.05, 0.1) is 6.61 Å². The van der Waals surface area contributed by atoms with Crippen LogP contribution in [0.3, 0.4) is 0 Å². The van der Waals surface area contributed by atoms with Crippen molar-refractivity contribution in [3.05, 3.63) is 0 Å². The second-order valence-electron chi connectivity index (χ2n) is 4.43. The van der Waals surface area contributed by atoms with Crippen molar-refractivity contribution in [1.82, 2.24) is 0 Å². The molecule has 0 aliphatic rings. The molecule has 0 heterocycles. The lowest BCUT2D eigenvalue weighted by atomic mass is 10.00. The van der Waals surface area contributed by atoms with E-state index in [0.717, 1.165) is 0 Å². The molecule has 0 aromatic heterocycles. The third-order valence-corrected chi connectivity index (χ3v) is 3.15. The molecular formula is C11H18O4S. The lowest BCUT2D eigenvalue weighted by Crippen LogP contribution is -2.25. The van der Waals surface area contributed by atoms with Gasteiger partial charge in [-0.25, -0.2) is 0 Å². The van der Waals surface area contributed by atoms with E-state index >= 15 is 0 Å². The average molecular weight is 246 g/mol. The van der Waals surface area contributed by atoms with Crippen LogP contribution < -0.4 is 0 Å². The van der Waals surface area contributed by atoms with Gasteiger partial charge in [-0.05, 0) is 25.6 Å². The molecule has 1 unspecified atom stereocenters. The minimum Gasteiger partial charge on any atom is -0.465 e. The summed E-state index contributed by atoms with van der Waals surface area (Å²) in [4.78, 5) is 34.4. The van der Waals surface area contributed by atoms with Crippen LogP contribution in [0.1, 0.15) is 34.6 Å². The predicted octanol–water partition coefficient (Wildman–Crippen LogP) is 2.02. The first-order valence-electron chi connectivity index (χ1n) is 5.13. The number of ether oxygens (including phenoxy) is 1. The fourth-order valence-corrected chi connectivity index (χ4v) is 1.46. The first kappa shape index (κ1) is 15.2. The highest BCUT2D eigenvalue weighted by molar-refractivity contribution is 8.26.